The zero-order chi connectivity index (χ0) is 31.2. The van der Waals surface area contributed by atoms with Crippen molar-refractivity contribution < 1.29 is 62.2 Å². The summed E-state index contributed by atoms with van der Waals surface area (Å²) in [5.41, 5.74) is 0.440. The van der Waals surface area contributed by atoms with Crippen LogP contribution in [0.2, 0.25) is 0 Å². The monoisotopic (exact) mass is 804 g/mol. The van der Waals surface area contributed by atoms with E-state index in [4.69, 9.17) is 0 Å². The molecule has 0 saturated carbocycles. The van der Waals surface area contributed by atoms with Gasteiger partial charge < -0.3 is 19.8 Å². The standard InChI is InChI=1S/2C12H10I.2C7H6O2/c2*1-3-7-11(8-4-1)13-12-9-5-2-6-10-12;2*8-7(9)6-4-2-1-3-5-6/h2*1-10H;2*1-5H,(H,8,9)/q2*+1;;/p-2. The average molecular weight is 804 g/mol. The van der Waals surface area contributed by atoms with Gasteiger partial charge in [0.05, 0.1) is 11.9 Å². The third-order valence-electron chi connectivity index (χ3n) is 5.39. The Kier molecular flexibility index (Phi) is 16.0. The number of aromatic carboxylic acids is 2. The topological polar surface area (TPSA) is 80.3 Å². The van der Waals surface area contributed by atoms with E-state index in [-0.39, 0.29) is 53.5 Å². The number of rotatable bonds is 6. The Morgan fingerprint density at radius 3 is 0.659 bits per heavy atom. The lowest BCUT2D eigenvalue weighted by atomic mass is 10.2. The van der Waals surface area contributed by atoms with Gasteiger partial charge in [-0.3, -0.25) is 0 Å². The Bertz CT molecular complexity index is 1420. The van der Waals surface area contributed by atoms with Crippen LogP contribution < -0.4 is 52.6 Å². The fraction of sp³-hybridized carbons (Fsp3) is 0. The van der Waals surface area contributed by atoms with Crippen molar-refractivity contribution >= 4 is 11.9 Å². The van der Waals surface area contributed by atoms with Crippen LogP contribution in [0.4, 0.5) is 0 Å². The van der Waals surface area contributed by atoms with Gasteiger partial charge in [0, 0.05) is 0 Å². The van der Waals surface area contributed by atoms with Gasteiger partial charge in [-0.05, 0) is 59.7 Å². The molecule has 0 atom stereocenters. The van der Waals surface area contributed by atoms with E-state index in [1.54, 1.807) is 36.4 Å². The molecule has 6 rings (SSSR count). The molecule has 0 aromatic heterocycles. The summed E-state index contributed by atoms with van der Waals surface area (Å²) >= 11 is 0.0574. The van der Waals surface area contributed by atoms with Crippen molar-refractivity contribution in [3.8, 4) is 0 Å². The molecule has 220 valence electrons. The van der Waals surface area contributed by atoms with Gasteiger partial charge in [0.2, 0.25) is 0 Å². The van der Waals surface area contributed by atoms with Crippen LogP contribution in [0, 0.1) is 14.3 Å². The Hall–Kier alpha value is -4.28. The minimum absolute atomic E-state index is 0.0287. The Morgan fingerprint density at radius 2 is 0.500 bits per heavy atom. The van der Waals surface area contributed by atoms with Gasteiger partial charge in [-0.1, -0.05) is 133 Å². The first-order valence-electron chi connectivity index (χ1n) is 13.5. The molecule has 6 aromatic carbocycles. The summed E-state index contributed by atoms with van der Waals surface area (Å²) in [4.78, 5) is 20.2. The number of carbonyl (C=O) groups excluding carboxylic acids is 2. The summed E-state index contributed by atoms with van der Waals surface area (Å²) < 4.78 is 5.92. The lowest BCUT2D eigenvalue weighted by Crippen LogP contribution is -3.61. The fourth-order valence-electron chi connectivity index (χ4n) is 3.31. The third kappa shape index (κ3) is 14.3. The summed E-state index contributed by atoms with van der Waals surface area (Å²) in [5, 5.41) is 20.2. The predicted octanol–water partition coefficient (Wildman–Crippen LogP) is -0.270. The summed E-state index contributed by atoms with van der Waals surface area (Å²) in [5.74, 6) is -2.26. The summed E-state index contributed by atoms with van der Waals surface area (Å²) in [6, 6.07) is 58.9. The van der Waals surface area contributed by atoms with Crippen molar-refractivity contribution in [3.05, 3.63) is 207 Å². The molecule has 0 aliphatic rings. The highest BCUT2D eigenvalue weighted by atomic mass is 127. The minimum atomic E-state index is -1.13. The van der Waals surface area contributed by atoms with Crippen LogP contribution in [-0.2, 0) is 0 Å². The molecule has 0 amide bonds. The first kappa shape index (κ1) is 34.2. The normalized spacial score (nSPS) is 9.45. The summed E-state index contributed by atoms with van der Waals surface area (Å²) in [6.07, 6.45) is 0. The van der Waals surface area contributed by atoms with Crippen molar-refractivity contribution in [2.75, 3.05) is 0 Å². The van der Waals surface area contributed by atoms with E-state index < -0.39 is 11.9 Å². The molecule has 0 unspecified atom stereocenters. The molecular weight excluding hydrogens is 774 g/mol. The molecule has 0 bridgehead atoms. The maximum atomic E-state index is 10.1. The van der Waals surface area contributed by atoms with Crippen LogP contribution in [0.1, 0.15) is 20.7 Å². The second-order valence-electron chi connectivity index (χ2n) is 8.68. The van der Waals surface area contributed by atoms with Crippen LogP contribution in [0.3, 0.4) is 0 Å². The van der Waals surface area contributed by atoms with Gasteiger partial charge in [-0.2, -0.15) is 0 Å². The van der Waals surface area contributed by atoms with Crippen LogP contribution in [0.25, 0.3) is 0 Å². The molecule has 0 heterocycles. The van der Waals surface area contributed by atoms with Gasteiger partial charge in [0.25, 0.3) is 0 Å². The number of halogens is 2. The van der Waals surface area contributed by atoms with E-state index in [1.807, 2.05) is 0 Å². The number of benzene rings is 6. The highest BCUT2D eigenvalue weighted by molar-refractivity contribution is 5.85. The van der Waals surface area contributed by atoms with Gasteiger partial charge >= 0.3 is 42.4 Å². The molecule has 44 heavy (non-hydrogen) atoms. The van der Waals surface area contributed by atoms with E-state index in [0.717, 1.165) is 0 Å². The van der Waals surface area contributed by atoms with Crippen molar-refractivity contribution in [1.29, 1.82) is 0 Å². The maximum absolute atomic E-state index is 10.1. The zero-order valence-electron chi connectivity index (χ0n) is 23.7. The Labute approximate surface area is 279 Å². The Balaban J connectivity index is 0.000000163. The smallest absolute Gasteiger partial charge is 0.357 e. The number of carboxylic acid groups (broad SMARTS) is 2. The van der Waals surface area contributed by atoms with E-state index >= 15 is 0 Å². The molecule has 0 saturated heterocycles. The van der Waals surface area contributed by atoms with Gasteiger partial charge in [-0.25, -0.2) is 0 Å². The number of hydrogen-bond acceptors (Lipinski definition) is 4. The van der Waals surface area contributed by atoms with Crippen LogP contribution in [-0.4, -0.2) is 11.9 Å². The first-order chi connectivity index (χ1) is 21.5. The van der Waals surface area contributed by atoms with Crippen molar-refractivity contribution in [1.82, 2.24) is 0 Å². The molecule has 0 spiro atoms. The number of carboxylic acids is 2. The van der Waals surface area contributed by atoms with Crippen LogP contribution in [0.5, 0.6) is 0 Å². The fourth-order valence-corrected chi connectivity index (χ4v) is 7.85. The van der Waals surface area contributed by atoms with Gasteiger partial charge in [0.15, 0.2) is 14.3 Å². The lowest BCUT2D eigenvalue weighted by Gasteiger charge is -1.97. The number of carbonyl (C=O) groups is 2. The van der Waals surface area contributed by atoms with Crippen molar-refractivity contribution in [2.24, 2.45) is 0 Å². The highest BCUT2D eigenvalue weighted by Crippen LogP contribution is 1.95. The lowest BCUT2D eigenvalue weighted by molar-refractivity contribution is -0.597. The average Bonchev–Trinajstić information content (AvgIpc) is 3.08. The SMILES string of the molecule is O=C([O-])c1ccccc1.O=C([O-])c1ccccc1.c1ccc([I+]c2ccccc2)cc1.c1ccc([I+]c2ccccc2)cc1. The van der Waals surface area contributed by atoms with Crippen molar-refractivity contribution in [2.45, 2.75) is 0 Å². The molecule has 0 fully saturated rings. The quantitative estimate of drug-likeness (QED) is 0.218. The second kappa shape index (κ2) is 20.6. The van der Waals surface area contributed by atoms with Crippen LogP contribution in [0.15, 0.2) is 182 Å². The molecule has 0 radical (unpaired) electrons. The molecule has 6 aromatic rings. The largest absolute Gasteiger partial charge is 0.545 e. The molecular formula is C38H30I2O4. The van der Waals surface area contributed by atoms with Crippen LogP contribution >= 0.6 is 0 Å². The van der Waals surface area contributed by atoms with Gasteiger partial charge in [0.1, 0.15) is 0 Å². The number of hydrogen-bond donors (Lipinski definition) is 0. The predicted molar refractivity (Wildman–Crippen MR) is 162 cm³/mol. The highest BCUT2D eigenvalue weighted by Gasteiger charge is 2.13. The molecule has 6 heteroatoms. The maximum Gasteiger partial charge on any atom is 0.357 e. The Morgan fingerprint density at radius 1 is 0.318 bits per heavy atom. The van der Waals surface area contributed by atoms with Gasteiger partial charge in [-0.15, -0.1) is 0 Å². The third-order valence-corrected chi connectivity index (χ3v) is 10.8. The second-order valence-corrected chi connectivity index (χ2v) is 14.7. The van der Waals surface area contributed by atoms with E-state index in [9.17, 15) is 19.8 Å². The van der Waals surface area contributed by atoms with E-state index in [0.29, 0.717) is 0 Å². The van der Waals surface area contributed by atoms with Crippen molar-refractivity contribution in [3.63, 3.8) is 0 Å². The molecule has 0 aliphatic heterocycles. The molecule has 0 aliphatic carbocycles. The first-order valence-corrected chi connectivity index (χ1v) is 17.9. The molecule has 4 nitrogen and oxygen atoms in total. The summed E-state index contributed by atoms with van der Waals surface area (Å²) in [7, 11) is 0. The zero-order valence-corrected chi connectivity index (χ0v) is 28.0. The minimum Gasteiger partial charge on any atom is -0.545 e. The summed E-state index contributed by atoms with van der Waals surface area (Å²) in [6.45, 7) is 0. The van der Waals surface area contributed by atoms with E-state index in [1.165, 1.54) is 38.5 Å². The van der Waals surface area contributed by atoms with E-state index in [2.05, 4.69) is 121 Å². The molecule has 0 N–H and O–H groups in total.